The number of hydrogen-bond acceptors (Lipinski definition) is 5. The van der Waals surface area contributed by atoms with Crippen molar-refractivity contribution in [3.8, 4) is 0 Å². The van der Waals surface area contributed by atoms with Gasteiger partial charge in [-0.15, -0.1) is 15.3 Å². The number of nitrogens with one attached hydrogen (secondary N) is 1. The molecule has 0 saturated carbocycles. The predicted octanol–water partition coefficient (Wildman–Crippen LogP) is 4.22. The van der Waals surface area contributed by atoms with Gasteiger partial charge in [0.05, 0.1) is 12.1 Å². The van der Waals surface area contributed by atoms with Crippen LogP contribution in [-0.4, -0.2) is 35.5 Å². The highest BCUT2D eigenvalue weighted by molar-refractivity contribution is 6.30. The molecule has 148 valence electrons. The lowest BCUT2D eigenvalue weighted by Gasteiger charge is -2.07. The Hall–Kier alpha value is -3.91. The minimum absolute atomic E-state index is 0.246. The van der Waals surface area contributed by atoms with Crippen molar-refractivity contribution in [2.24, 2.45) is 0 Å². The van der Waals surface area contributed by atoms with Gasteiger partial charge >= 0.3 is 5.97 Å². The van der Waals surface area contributed by atoms with Gasteiger partial charge in [0.25, 0.3) is 0 Å². The number of aromatic nitrogens is 5. The highest BCUT2D eigenvalue weighted by atomic mass is 35.5. The number of hydrogen-bond donors (Lipinski definition) is 2. The van der Waals surface area contributed by atoms with Crippen molar-refractivity contribution < 1.29 is 9.90 Å². The second-order valence-electron chi connectivity index (χ2n) is 6.73. The molecule has 0 atom stereocenters. The Labute approximate surface area is 175 Å². The summed E-state index contributed by atoms with van der Waals surface area (Å²) < 4.78 is 3.48. The van der Waals surface area contributed by atoms with Crippen LogP contribution < -0.4 is 5.32 Å². The molecule has 5 rings (SSSR count). The molecule has 3 heterocycles. The van der Waals surface area contributed by atoms with Crippen molar-refractivity contribution in [3.63, 3.8) is 0 Å². The number of halogens is 1. The number of aromatic carboxylic acids is 1. The van der Waals surface area contributed by atoms with Gasteiger partial charge < -0.3 is 15.0 Å². The third-order valence-electron chi connectivity index (χ3n) is 4.76. The second-order valence-corrected chi connectivity index (χ2v) is 7.17. The molecule has 30 heavy (non-hydrogen) atoms. The van der Waals surface area contributed by atoms with E-state index in [0.717, 1.165) is 11.2 Å². The summed E-state index contributed by atoms with van der Waals surface area (Å²) in [4.78, 5) is 11.6. The molecule has 0 aliphatic rings. The van der Waals surface area contributed by atoms with Crippen molar-refractivity contribution in [1.82, 2.24) is 24.4 Å². The van der Waals surface area contributed by atoms with Gasteiger partial charge in [-0.1, -0.05) is 35.9 Å². The summed E-state index contributed by atoms with van der Waals surface area (Å²) in [6.45, 7) is 0.322. The monoisotopic (exact) mass is 418 g/mol. The number of fused-ring (bicyclic) bond motifs is 2. The number of benzene rings is 2. The number of carboxylic acid groups (broad SMARTS) is 1. The number of para-hydroxylation sites is 1. The first-order valence-electron chi connectivity index (χ1n) is 9.13. The van der Waals surface area contributed by atoms with E-state index in [1.807, 2.05) is 47.0 Å². The van der Waals surface area contributed by atoms with Crippen molar-refractivity contribution in [2.45, 2.75) is 6.54 Å². The Bertz CT molecular complexity index is 1410. The van der Waals surface area contributed by atoms with Gasteiger partial charge in [0.1, 0.15) is 0 Å². The number of nitrogens with zero attached hydrogens (tertiary/aromatic N) is 5. The summed E-state index contributed by atoms with van der Waals surface area (Å²) >= 11 is 6.05. The van der Waals surface area contributed by atoms with E-state index in [1.165, 1.54) is 0 Å². The SMILES string of the molecule is O=C(O)c1cn(Cc2nnc3ccc(Nc4cccc(Cl)c4)nn23)c2ccccc12. The minimum Gasteiger partial charge on any atom is -0.478 e. The Balaban J connectivity index is 1.52. The van der Waals surface area contributed by atoms with E-state index in [1.54, 1.807) is 28.9 Å². The van der Waals surface area contributed by atoms with Crippen LogP contribution in [0.25, 0.3) is 16.6 Å². The van der Waals surface area contributed by atoms with Crippen LogP contribution in [0.3, 0.4) is 0 Å². The summed E-state index contributed by atoms with van der Waals surface area (Å²) in [6, 6.07) is 18.3. The first-order valence-corrected chi connectivity index (χ1v) is 9.51. The molecule has 0 aliphatic heterocycles. The summed E-state index contributed by atoms with van der Waals surface area (Å²) in [6.07, 6.45) is 1.61. The zero-order valence-electron chi connectivity index (χ0n) is 15.5. The lowest BCUT2D eigenvalue weighted by molar-refractivity contribution is 0.0699. The van der Waals surface area contributed by atoms with Crippen LogP contribution >= 0.6 is 11.6 Å². The lowest BCUT2D eigenvalue weighted by Crippen LogP contribution is -2.07. The van der Waals surface area contributed by atoms with E-state index in [2.05, 4.69) is 20.6 Å². The van der Waals surface area contributed by atoms with E-state index >= 15 is 0 Å². The molecule has 0 bridgehead atoms. The Morgan fingerprint density at radius 2 is 1.93 bits per heavy atom. The first kappa shape index (κ1) is 18.1. The van der Waals surface area contributed by atoms with Crippen LogP contribution in [-0.2, 0) is 6.54 Å². The molecule has 8 nitrogen and oxygen atoms in total. The van der Waals surface area contributed by atoms with Crippen LogP contribution in [0.5, 0.6) is 0 Å². The number of anilines is 2. The highest BCUT2D eigenvalue weighted by Crippen LogP contribution is 2.23. The van der Waals surface area contributed by atoms with Crippen LogP contribution in [0, 0.1) is 0 Å². The summed E-state index contributed by atoms with van der Waals surface area (Å²) in [7, 11) is 0. The fourth-order valence-corrected chi connectivity index (χ4v) is 3.60. The van der Waals surface area contributed by atoms with Crippen molar-refractivity contribution in [3.05, 3.63) is 83.3 Å². The Morgan fingerprint density at radius 3 is 2.77 bits per heavy atom. The van der Waals surface area contributed by atoms with Gasteiger partial charge in [0.2, 0.25) is 0 Å². The van der Waals surface area contributed by atoms with Crippen molar-refractivity contribution in [1.29, 1.82) is 0 Å². The van der Waals surface area contributed by atoms with E-state index in [-0.39, 0.29) is 5.56 Å². The maximum absolute atomic E-state index is 11.6. The highest BCUT2D eigenvalue weighted by Gasteiger charge is 2.16. The molecule has 0 spiro atoms. The molecule has 2 N–H and O–H groups in total. The van der Waals surface area contributed by atoms with E-state index in [4.69, 9.17) is 11.6 Å². The molecule has 0 amide bonds. The number of rotatable bonds is 5. The van der Waals surface area contributed by atoms with E-state index < -0.39 is 5.97 Å². The van der Waals surface area contributed by atoms with Crippen molar-refractivity contribution >= 4 is 45.6 Å². The normalized spacial score (nSPS) is 11.2. The van der Waals surface area contributed by atoms with Crippen LogP contribution in [0.1, 0.15) is 16.2 Å². The van der Waals surface area contributed by atoms with E-state index in [9.17, 15) is 9.90 Å². The van der Waals surface area contributed by atoms with E-state index in [0.29, 0.717) is 34.2 Å². The van der Waals surface area contributed by atoms with Crippen LogP contribution in [0.2, 0.25) is 5.02 Å². The van der Waals surface area contributed by atoms with Gasteiger partial charge in [-0.3, -0.25) is 0 Å². The molecule has 3 aromatic heterocycles. The molecule has 2 aromatic carbocycles. The third kappa shape index (κ3) is 3.23. The number of carbonyl (C=O) groups is 1. The minimum atomic E-state index is -0.970. The third-order valence-corrected chi connectivity index (χ3v) is 4.99. The first-order chi connectivity index (χ1) is 14.6. The van der Waals surface area contributed by atoms with Gasteiger partial charge in [-0.25, -0.2) is 4.79 Å². The second kappa shape index (κ2) is 7.16. The summed E-state index contributed by atoms with van der Waals surface area (Å²) in [5, 5.41) is 27.0. The summed E-state index contributed by atoms with van der Waals surface area (Å²) in [5.41, 5.74) is 2.46. The van der Waals surface area contributed by atoms with Crippen LogP contribution in [0.15, 0.2) is 66.9 Å². The topological polar surface area (TPSA) is 97.3 Å². The van der Waals surface area contributed by atoms with Gasteiger partial charge in [-0.2, -0.15) is 4.52 Å². The Morgan fingerprint density at radius 1 is 1.07 bits per heavy atom. The van der Waals surface area contributed by atoms with Gasteiger partial charge in [0.15, 0.2) is 17.3 Å². The zero-order chi connectivity index (χ0) is 20.7. The maximum Gasteiger partial charge on any atom is 0.337 e. The molecule has 0 saturated heterocycles. The zero-order valence-corrected chi connectivity index (χ0v) is 16.3. The molecule has 0 unspecified atom stereocenters. The fourth-order valence-electron chi connectivity index (χ4n) is 3.41. The van der Waals surface area contributed by atoms with Gasteiger partial charge in [0, 0.05) is 27.8 Å². The molecular weight excluding hydrogens is 404 g/mol. The Kier molecular flexibility index (Phi) is 4.33. The standard InChI is InChI=1S/C21H15ClN6O2/c22-13-4-3-5-14(10-13)23-18-8-9-19-24-25-20(28(19)26-18)12-27-11-16(21(29)30)15-6-1-2-7-17(15)27/h1-11H,12H2,(H,23,26)(H,29,30). The number of carboxylic acids is 1. The molecule has 5 aromatic rings. The molecule has 0 fully saturated rings. The molecule has 0 radical (unpaired) electrons. The molecule has 9 heteroatoms. The summed E-state index contributed by atoms with van der Waals surface area (Å²) in [5.74, 6) is 0.217. The average Bonchev–Trinajstić information content (AvgIpc) is 3.30. The molecular formula is C21H15ClN6O2. The van der Waals surface area contributed by atoms with Crippen LogP contribution in [0.4, 0.5) is 11.5 Å². The predicted molar refractivity (Wildman–Crippen MR) is 114 cm³/mol. The largest absolute Gasteiger partial charge is 0.478 e. The quantitative estimate of drug-likeness (QED) is 0.443. The lowest BCUT2D eigenvalue weighted by atomic mass is 10.2. The van der Waals surface area contributed by atoms with Gasteiger partial charge in [-0.05, 0) is 36.4 Å². The smallest absolute Gasteiger partial charge is 0.337 e. The van der Waals surface area contributed by atoms with Crippen molar-refractivity contribution in [2.75, 3.05) is 5.32 Å². The average molecular weight is 419 g/mol. The molecule has 0 aliphatic carbocycles. The maximum atomic E-state index is 11.6. The fraction of sp³-hybridized carbons (Fsp3) is 0.0476.